The Bertz CT molecular complexity index is 894. The van der Waals surface area contributed by atoms with Crippen LogP contribution in [-0.4, -0.2) is 45.3 Å². The van der Waals surface area contributed by atoms with Crippen LogP contribution in [0.25, 0.3) is 10.9 Å². The Kier molecular flexibility index (Phi) is 5.33. The summed E-state index contributed by atoms with van der Waals surface area (Å²) in [5, 5.41) is 23.8. The molecule has 1 aromatic heterocycles. The van der Waals surface area contributed by atoms with Crippen molar-refractivity contribution in [3.8, 4) is 0 Å². The molecular weight excluding hydrogens is 344 g/mol. The molecule has 0 amide bonds. The van der Waals surface area contributed by atoms with E-state index in [0.29, 0.717) is 17.0 Å². The highest BCUT2D eigenvalue weighted by Gasteiger charge is 2.19. The van der Waals surface area contributed by atoms with Crippen molar-refractivity contribution in [1.29, 1.82) is 0 Å². The second kappa shape index (κ2) is 7.65. The third kappa shape index (κ3) is 3.82. The number of rotatable bonds is 6. The number of para-hydroxylation sites is 1. The Morgan fingerprint density at radius 3 is 2.68 bits per heavy atom. The molecule has 2 N–H and O–H groups in total. The summed E-state index contributed by atoms with van der Waals surface area (Å²) in [6, 6.07) is 14.7. The van der Waals surface area contributed by atoms with Crippen LogP contribution in [0.4, 0.5) is 0 Å². The molecule has 0 unspecified atom stereocenters. The number of aliphatic hydroxyl groups excluding tert-OH is 2. The Labute approximate surface area is 149 Å². The molecule has 0 aliphatic heterocycles. The van der Waals surface area contributed by atoms with Crippen LogP contribution in [0.2, 0.25) is 5.02 Å². The largest absolute Gasteiger partial charge is 0.458 e. The minimum absolute atomic E-state index is 0.160. The maximum atomic E-state index is 12.3. The Balaban J connectivity index is 1.93. The average molecular weight is 361 g/mol. The first-order chi connectivity index (χ1) is 12.1. The van der Waals surface area contributed by atoms with E-state index in [4.69, 9.17) is 21.4 Å². The van der Waals surface area contributed by atoms with Crippen LogP contribution in [0.1, 0.15) is 16.1 Å². The first-order valence-corrected chi connectivity index (χ1v) is 8.13. The lowest BCUT2D eigenvalue weighted by Crippen LogP contribution is -2.22. The lowest BCUT2D eigenvalue weighted by Gasteiger charge is -2.07. The molecule has 1 heterocycles. The SMILES string of the molecule is O=C(OC[C@H](O)CO)c1nn(Cc2ccccc2Cl)c2ccccc12. The Hall–Kier alpha value is -2.41. The monoisotopic (exact) mass is 360 g/mol. The number of aliphatic hydroxyl groups is 2. The van der Waals surface area contributed by atoms with E-state index in [1.807, 2.05) is 36.4 Å². The predicted molar refractivity (Wildman–Crippen MR) is 93.7 cm³/mol. The van der Waals surface area contributed by atoms with Gasteiger partial charge in [0.1, 0.15) is 12.7 Å². The molecule has 0 aliphatic carbocycles. The van der Waals surface area contributed by atoms with Gasteiger partial charge in [0, 0.05) is 10.4 Å². The molecule has 0 bridgehead atoms. The van der Waals surface area contributed by atoms with Crippen molar-refractivity contribution in [3.63, 3.8) is 0 Å². The third-order valence-corrected chi connectivity index (χ3v) is 4.12. The van der Waals surface area contributed by atoms with Gasteiger partial charge in [0.2, 0.25) is 0 Å². The fourth-order valence-corrected chi connectivity index (χ4v) is 2.68. The van der Waals surface area contributed by atoms with E-state index >= 15 is 0 Å². The van der Waals surface area contributed by atoms with E-state index in [9.17, 15) is 9.90 Å². The van der Waals surface area contributed by atoms with Crippen molar-refractivity contribution >= 4 is 28.5 Å². The summed E-state index contributed by atoms with van der Waals surface area (Å²) < 4.78 is 6.72. The highest BCUT2D eigenvalue weighted by atomic mass is 35.5. The maximum Gasteiger partial charge on any atom is 0.359 e. The molecule has 0 saturated carbocycles. The third-order valence-electron chi connectivity index (χ3n) is 3.75. The molecule has 0 radical (unpaired) electrons. The molecule has 7 heteroatoms. The summed E-state index contributed by atoms with van der Waals surface area (Å²) in [5.41, 5.74) is 1.82. The topological polar surface area (TPSA) is 84.6 Å². The molecule has 2 aromatic carbocycles. The van der Waals surface area contributed by atoms with Gasteiger partial charge in [-0.25, -0.2) is 4.79 Å². The number of carbonyl (C=O) groups excluding carboxylic acids is 1. The second-order valence-corrected chi connectivity index (χ2v) is 5.96. The summed E-state index contributed by atoms with van der Waals surface area (Å²) >= 11 is 6.21. The molecule has 1 atom stereocenters. The molecule has 0 saturated heterocycles. The number of nitrogens with zero attached hydrogens (tertiary/aromatic N) is 2. The molecular formula is C18H17ClN2O4. The quantitative estimate of drug-likeness (QED) is 0.659. The van der Waals surface area contributed by atoms with Crippen LogP contribution >= 0.6 is 11.6 Å². The highest BCUT2D eigenvalue weighted by Crippen LogP contribution is 2.22. The zero-order chi connectivity index (χ0) is 17.8. The summed E-state index contributed by atoms with van der Waals surface area (Å²) in [4.78, 5) is 12.3. The van der Waals surface area contributed by atoms with Crippen molar-refractivity contribution in [1.82, 2.24) is 9.78 Å². The standard InChI is InChI=1S/C18H17ClN2O4/c19-15-7-3-1-5-12(15)9-21-16-8-4-2-6-14(16)17(20-21)18(24)25-11-13(23)10-22/h1-8,13,22-23H,9-11H2/t13-/m1/s1. The van der Waals surface area contributed by atoms with Crippen molar-refractivity contribution < 1.29 is 19.7 Å². The first kappa shape index (κ1) is 17.4. The van der Waals surface area contributed by atoms with E-state index in [1.165, 1.54) is 0 Å². The molecule has 0 fully saturated rings. The summed E-state index contributed by atoms with van der Waals surface area (Å²) in [6.45, 7) is -0.358. The van der Waals surface area contributed by atoms with E-state index in [1.54, 1.807) is 16.8 Å². The molecule has 3 rings (SSSR count). The molecule has 0 aliphatic rings. The Morgan fingerprint density at radius 1 is 1.20 bits per heavy atom. The van der Waals surface area contributed by atoms with Crippen LogP contribution in [0.3, 0.4) is 0 Å². The molecule has 3 aromatic rings. The van der Waals surface area contributed by atoms with E-state index < -0.39 is 18.7 Å². The van der Waals surface area contributed by atoms with Crippen LogP contribution in [0, 0.1) is 0 Å². The van der Waals surface area contributed by atoms with Gasteiger partial charge >= 0.3 is 5.97 Å². The molecule has 6 nitrogen and oxygen atoms in total. The summed E-state index contributed by atoms with van der Waals surface area (Å²) in [5.74, 6) is -0.651. The van der Waals surface area contributed by atoms with E-state index in [0.717, 1.165) is 11.1 Å². The van der Waals surface area contributed by atoms with Gasteiger partial charge in [0.25, 0.3) is 0 Å². The lowest BCUT2D eigenvalue weighted by atomic mass is 10.2. The van der Waals surface area contributed by atoms with Crippen molar-refractivity contribution in [2.45, 2.75) is 12.6 Å². The van der Waals surface area contributed by atoms with Crippen LogP contribution in [0.15, 0.2) is 48.5 Å². The Morgan fingerprint density at radius 2 is 1.92 bits per heavy atom. The number of carbonyl (C=O) groups is 1. The van der Waals surface area contributed by atoms with Crippen molar-refractivity contribution in [3.05, 3.63) is 64.8 Å². The van der Waals surface area contributed by atoms with Crippen molar-refractivity contribution in [2.24, 2.45) is 0 Å². The van der Waals surface area contributed by atoms with Gasteiger partial charge in [0.05, 0.1) is 18.7 Å². The van der Waals surface area contributed by atoms with Gasteiger partial charge in [-0.2, -0.15) is 5.10 Å². The minimum Gasteiger partial charge on any atom is -0.458 e. The van der Waals surface area contributed by atoms with Gasteiger partial charge in [0.15, 0.2) is 5.69 Å². The summed E-state index contributed by atoms with van der Waals surface area (Å²) in [7, 11) is 0. The number of benzene rings is 2. The van der Waals surface area contributed by atoms with E-state index in [-0.39, 0.29) is 12.3 Å². The van der Waals surface area contributed by atoms with Gasteiger partial charge in [-0.3, -0.25) is 4.68 Å². The van der Waals surface area contributed by atoms with E-state index in [2.05, 4.69) is 5.10 Å². The number of esters is 1. The number of halogens is 1. The fourth-order valence-electron chi connectivity index (χ4n) is 2.48. The second-order valence-electron chi connectivity index (χ2n) is 5.55. The lowest BCUT2D eigenvalue weighted by molar-refractivity contribution is 0.00897. The minimum atomic E-state index is -1.11. The zero-order valence-corrected chi connectivity index (χ0v) is 14.1. The molecule has 0 spiro atoms. The van der Waals surface area contributed by atoms with Gasteiger partial charge in [-0.1, -0.05) is 48.0 Å². The smallest absolute Gasteiger partial charge is 0.359 e. The molecule has 25 heavy (non-hydrogen) atoms. The van der Waals surface area contributed by atoms with Gasteiger partial charge in [-0.15, -0.1) is 0 Å². The van der Waals surface area contributed by atoms with Gasteiger partial charge in [-0.05, 0) is 17.7 Å². The van der Waals surface area contributed by atoms with Crippen LogP contribution < -0.4 is 0 Å². The number of hydrogen-bond acceptors (Lipinski definition) is 5. The fraction of sp³-hybridized carbons (Fsp3) is 0.222. The number of fused-ring (bicyclic) bond motifs is 1. The van der Waals surface area contributed by atoms with Crippen molar-refractivity contribution in [2.75, 3.05) is 13.2 Å². The van der Waals surface area contributed by atoms with Gasteiger partial charge < -0.3 is 14.9 Å². The first-order valence-electron chi connectivity index (χ1n) is 7.75. The maximum absolute atomic E-state index is 12.3. The van der Waals surface area contributed by atoms with Crippen LogP contribution in [-0.2, 0) is 11.3 Å². The number of hydrogen-bond donors (Lipinski definition) is 2. The van der Waals surface area contributed by atoms with Crippen LogP contribution in [0.5, 0.6) is 0 Å². The number of aromatic nitrogens is 2. The highest BCUT2D eigenvalue weighted by molar-refractivity contribution is 6.31. The summed E-state index contributed by atoms with van der Waals surface area (Å²) in [6.07, 6.45) is -1.11. The molecule has 130 valence electrons. The normalized spacial score (nSPS) is 12.3. The predicted octanol–water partition coefficient (Wildman–Crippen LogP) is 2.25. The zero-order valence-electron chi connectivity index (χ0n) is 13.3. The number of ether oxygens (including phenoxy) is 1. The average Bonchev–Trinajstić information content (AvgIpc) is 3.00.